The van der Waals surface area contributed by atoms with E-state index in [1.165, 1.54) is 0 Å². The van der Waals surface area contributed by atoms with Gasteiger partial charge in [0.05, 0.1) is 6.54 Å². The number of benzene rings is 1. The topological polar surface area (TPSA) is 65.5 Å². The van der Waals surface area contributed by atoms with Gasteiger partial charge in [-0.3, -0.25) is 4.79 Å². The van der Waals surface area contributed by atoms with E-state index in [0.29, 0.717) is 13.0 Å². The first-order chi connectivity index (χ1) is 10.2. The highest BCUT2D eigenvalue weighted by Gasteiger charge is 2.01. The molecular formula is C16H26N4O. The molecule has 116 valence electrons. The highest BCUT2D eigenvalue weighted by atomic mass is 16.1. The minimum Gasteiger partial charge on any atom is -0.357 e. The summed E-state index contributed by atoms with van der Waals surface area (Å²) in [5, 5.41) is 9.25. The first kappa shape index (κ1) is 17.0. The fourth-order valence-corrected chi connectivity index (χ4v) is 1.82. The average molecular weight is 290 g/mol. The molecule has 0 radical (unpaired) electrons. The Morgan fingerprint density at radius 3 is 2.19 bits per heavy atom. The molecule has 0 saturated carbocycles. The van der Waals surface area contributed by atoms with Crippen molar-refractivity contribution in [3.8, 4) is 0 Å². The largest absolute Gasteiger partial charge is 0.357 e. The maximum absolute atomic E-state index is 11.5. The second-order valence-corrected chi connectivity index (χ2v) is 4.72. The van der Waals surface area contributed by atoms with Crippen molar-refractivity contribution in [2.24, 2.45) is 4.99 Å². The Kier molecular flexibility index (Phi) is 7.94. The minimum atomic E-state index is 0.0600. The van der Waals surface area contributed by atoms with Crippen LogP contribution in [0.3, 0.4) is 0 Å². The maximum Gasteiger partial charge on any atom is 0.224 e. The molecule has 0 heterocycles. The van der Waals surface area contributed by atoms with E-state index in [4.69, 9.17) is 0 Å². The molecule has 5 heteroatoms. The molecule has 0 spiro atoms. The molecule has 0 fully saturated rings. The number of rotatable bonds is 7. The van der Waals surface area contributed by atoms with Crippen LogP contribution in [0, 0.1) is 0 Å². The van der Waals surface area contributed by atoms with E-state index in [0.717, 1.165) is 36.7 Å². The van der Waals surface area contributed by atoms with Crippen molar-refractivity contribution in [3.63, 3.8) is 0 Å². The summed E-state index contributed by atoms with van der Waals surface area (Å²) < 4.78 is 0. The van der Waals surface area contributed by atoms with Crippen molar-refractivity contribution in [1.29, 1.82) is 0 Å². The lowest BCUT2D eigenvalue weighted by Crippen LogP contribution is -2.36. The third kappa shape index (κ3) is 6.79. The van der Waals surface area contributed by atoms with Crippen LogP contribution < -0.4 is 16.0 Å². The van der Waals surface area contributed by atoms with Crippen LogP contribution in [0.25, 0.3) is 0 Å². The molecule has 5 nitrogen and oxygen atoms in total. The van der Waals surface area contributed by atoms with Gasteiger partial charge in [0, 0.05) is 25.2 Å². The molecule has 0 saturated heterocycles. The van der Waals surface area contributed by atoms with Gasteiger partial charge < -0.3 is 16.0 Å². The summed E-state index contributed by atoms with van der Waals surface area (Å²) in [6.07, 6.45) is 1.41. The summed E-state index contributed by atoms with van der Waals surface area (Å²) in [4.78, 5) is 16.0. The first-order valence-electron chi connectivity index (χ1n) is 7.60. The monoisotopic (exact) mass is 290 g/mol. The standard InChI is InChI=1S/C16H26N4O/c1-4-7-15(21)20-14-10-8-13(9-11-14)12-19-16(17-5-2)18-6-3/h8-11H,4-7,12H2,1-3H3,(H,20,21)(H2,17,18,19). The lowest BCUT2D eigenvalue weighted by Gasteiger charge is -2.09. The van der Waals surface area contributed by atoms with E-state index in [2.05, 4.69) is 20.9 Å². The van der Waals surface area contributed by atoms with Crippen LogP contribution in [-0.2, 0) is 11.3 Å². The fourth-order valence-electron chi connectivity index (χ4n) is 1.82. The zero-order chi connectivity index (χ0) is 15.5. The first-order valence-corrected chi connectivity index (χ1v) is 7.60. The van der Waals surface area contributed by atoms with Gasteiger partial charge in [-0.05, 0) is 38.0 Å². The van der Waals surface area contributed by atoms with Crippen LogP contribution in [0.15, 0.2) is 29.3 Å². The van der Waals surface area contributed by atoms with Crippen LogP contribution in [-0.4, -0.2) is 25.0 Å². The number of hydrogen-bond acceptors (Lipinski definition) is 2. The van der Waals surface area contributed by atoms with Crippen molar-refractivity contribution in [1.82, 2.24) is 10.6 Å². The van der Waals surface area contributed by atoms with Gasteiger partial charge in [0.15, 0.2) is 5.96 Å². The Labute approximate surface area is 127 Å². The maximum atomic E-state index is 11.5. The van der Waals surface area contributed by atoms with Crippen molar-refractivity contribution in [2.45, 2.75) is 40.2 Å². The smallest absolute Gasteiger partial charge is 0.224 e. The molecule has 0 bridgehead atoms. The van der Waals surface area contributed by atoms with Gasteiger partial charge in [-0.15, -0.1) is 0 Å². The van der Waals surface area contributed by atoms with Gasteiger partial charge >= 0.3 is 0 Å². The number of guanidine groups is 1. The van der Waals surface area contributed by atoms with Gasteiger partial charge in [0.2, 0.25) is 5.91 Å². The molecular weight excluding hydrogens is 264 g/mol. The van der Waals surface area contributed by atoms with Gasteiger partial charge in [0.25, 0.3) is 0 Å². The number of hydrogen-bond donors (Lipinski definition) is 3. The van der Waals surface area contributed by atoms with Crippen molar-refractivity contribution >= 4 is 17.6 Å². The Morgan fingerprint density at radius 2 is 1.67 bits per heavy atom. The van der Waals surface area contributed by atoms with Crippen LogP contribution in [0.5, 0.6) is 0 Å². The molecule has 0 atom stereocenters. The molecule has 1 rings (SSSR count). The predicted molar refractivity (Wildman–Crippen MR) is 88.5 cm³/mol. The Morgan fingerprint density at radius 1 is 1.05 bits per heavy atom. The third-order valence-electron chi connectivity index (χ3n) is 2.82. The van der Waals surface area contributed by atoms with Gasteiger partial charge in [-0.1, -0.05) is 19.1 Å². The summed E-state index contributed by atoms with van der Waals surface area (Å²) in [5.74, 6) is 0.880. The number of nitrogens with zero attached hydrogens (tertiary/aromatic N) is 1. The summed E-state index contributed by atoms with van der Waals surface area (Å²) >= 11 is 0. The summed E-state index contributed by atoms with van der Waals surface area (Å²) in [6, 6.07) is 7.80. The van der Waals surface area contributed by atoms with E-state index in [1.807, 2.05) is 45.0 Å². The third-order valence-corrected chi connectivity index (χ3v) is 2.82. The number of aliphatic imine (C=N–C) groups is 1. The number of amides is 1. The zero-order valence-corrected chi connectivity index (χ0v) is 13.2. The molecule has 0 aliphatic rings. The van der Waals surface area contributed by atoms with Crippen molar-refractivity contribution in [2.75, 3.05) is 18.4 Å². The minimum absolute atomic E-state index is 0.0600. The van der Waals surface area contributed by atoms with Crippen molar-refractivity contribution in [3.05, 3.63) is 29.8 Å². The van der Waals surface area contributed by atoms with E-state index in [-0.39, 0.29) is 5.91 Å². The molecule has 0 aliphatic carbocycles. The molecule has 1 aromatic carbocycles. The average Bonchev–Trinajstić information content (AvgIpc) is 2.47. The lowest BCUT2D eigenvalue weighted by molar-refractivity contribution is -0.116. The van der Waals surface area contributed by atoms with Crippen molar-refractivity contribution < 1.29 is 4.79 Å². The van der Waals surface area contributed by atoms with Crippen LogP contribution in [0.1, 0.15) is 39.2 Å². The van der Waals surface area contributed by atoms with E-state index < -0.39 is 0 Å². The second kappa shape index (κ2) is 9.80. The van der Waals surface area contributed by atoms with E-state index in [9.17, 15) is 4.79 Å². The second-order valence-electron chi connectivity index (χ2n) is 4.72. The molecule has 0 unspecified atom stereocenters. The highest BCUT2D eigenvalue weighted by Crippen LogP contribution is 2.11. The SMILES string of the molecule is CCCC(=O)Nc1ccc(CN=C(NCC)NCC)cc1. The Bertz CT molecular complexity index is 446. The molecule has 0 aromatic heterocycles. The fraction of sp³-hybridized carbons (Fsp3) is 0.500. The van der Waals surface area contributed by atoms with E-state index in [1.54, 1.807) is 0 Å². The zero-order valence-electron chi connectivity index (χ0n) is 13.2. The van der Waals surface area contributed by atoms with E-state index >= 15 is 0 Å². The molecule has 1 aromatic rings. The summed E-state index contributed by atoms with van der Waals surface area (Å²) in [7, 11) is 0. The normalized spacial score (nSPS) is 9.86. The van der Waals surface area contributed by atoms with Gasteiger partial charge in [-0.2, -0.15) is 0 Å². The quantitative estimate of drug-likeness (QED) is 0.534. The molecule has 3 N–H and O–H groups in total. The molecule has 1 amide bonds. The van der Waals surface area contributed by atoms with Crippen LogP contribution >= 0.6 is 0 Å². The lowest BCUT2D eigenvalue weighted by atomic mass is 10.2. The summed E-state index contributed by atoms with van der Waals surface area (Å²) in [6.45, 7) is 8.37. The molecule has 21 heavy (non-hydrogen) atoms. The number of nitrogens with one attached hydrogen (secondary N) is 3. The Hall–Kier alpha value is -2.04. The van der Waals surface area contributed by atoms with Crippen LogP contribution in [0.2, 0.25) is 0 Å². The number of carbonyl (C=O) groups excluding carboxylic acids is 1. The van der Waals surface area contributed by atoms with Gasteiger partial charge in [-0.25, -0.2) is 4.99 Å². The van der Waals surface area contributed by atoms with Crippen LogP contribution in [0.4, 0.5) is 5.69 Å². The number of carbonyl (C=O) groups is 1. The number of anilines is 1. The predicted octanol–water partition coefficient (Wildman–Crippen LogP) is 2.50. The molecule has 0 aliphatic heterocycles. The summed E-state index contributed by atoms with van der Waals surface area (Å²) in [5.41, 5.74) is 1.94. The van der Waals surface area contributed by atoms with Gasteiger partial charge in [0.1, 0.15) is 0 Å². The highest BCUT2D eigenvalue weighted by molar-refractivity contribution is 5.90. The Balaban J connectivity index is 2.57.